The molecule has 2 N–H and O–H groups in total. The number of sulfone groups is 1. The largest absolute Gasteiger partial charge is 0.497 e. The SMILES string of the molecule is CCC(=O)Nc1ccc(OC)cc1NC(=O)Cc1ccc(S(C)(=O)=O)cc1. The third-order valence-corrected chi connectivity index (χ3v) is 4.94. The van der Waals surface area contributed by atoms with Crippen molar-refractivity contribution in [1.82, 2.24) is 0 Å². The Morgan fingerprint density at radius 1 is 0.963 bits per heavy atom. The Bertz CT molecular complexity index is 937. The number of hydrogen-bond acceptors (Lipinski definition) is 5. The molecule has 0 aliphatic rings. The highest BCUT2D eigenvalue weighted by Crippen LogP contribution is 2.27. The summed E-state index contributed by atoms with van der Waals surface area (Å²) in [4.78, 5) is 24.3. The lowest BCUT2D eigenvalue weighted by Crippen LogP contribution is -2.17. The summed E-state index contributed by atoms with van der Waals surface area (Å²) in [7, 11) is -1.77. The highest BCUT2D eigenvalue weighted by atomic mass is 32.2. The summed E-state index contributed by atoms with van der Waals surface area (Å²) >= 11 is 0. The third-order valence-electron chi connectivity index (χ3n) is 3.81. The maximum atomic E-state index is 12.4. The molecule has 0 heterocycles. The van der Waals surface area contributed by atoms with Crippen molar-refractivity contribution in [3.8, 4) is 5.75 Å². The Balaban J connectivity index is 2.15. The fraction of sp³-hybridized carbons (Fsp3) is 0.263. The van der Waals surface area contributed by atoms with Crippen molar-refractivity contribution in [3.63, 3.8) is 0 Å². The minimum atomic E-state index is -3.28. The molecular weight excluding hydrogens is 368 g/mol. The number of rotatable bonds is 7. The predicted octanol–water partition coefficient (Wildman–Crippen LogP) is 2.63. The molecule has 0 atom stereocenters. The van der Waals surface area contributed by atoms with Crippen LogP contribution in [0.15, 0.2) is 47.4 Å². The molecule has 0 aliphatic heterocycles. The van der Waals surface area contributed by atoms with E-state index >= 15 is 0 Å². The average molecular weight is 390 g/mol. The van der Waals surface area contributed by atoms with Crippen LogP contribution in [0.4, 0.5) is 11.4 Å². The molecule has 0 saturated heterocycles. The van der Waals surface area contributed by atoms with Crippen molar-refractivity contribution < 1.29 is 22.7 Å². The summed E-state index contributed by atoms with van der Waals surface area (Å²) in [5.74, 6) is 0.0617. The number of benzene rings is 2. The van der Waals surface area contributed by atoms with E-state index in [9.17, 15) is 18.0 Å². The standard InChI is InChI=1S/C19H22N2O5S/c1-4-18(22)20-16-10-7-14(26-2)12-17(16)21-19(23)11-13-5-8-15(9-6-13)27(3,24)25/h5-10,12H,4,11H2,1-3H3,(H,20,22)(H,21,23). The van der Waals surface area contributed by atoms with Gasteiger partial charge in [0.2, 0.25) is 11.8 Å². The average Bonchev–Trinajstić information content (AvgIpc) is 2.62. The van der Waals surface area contributed by atoms with Gasteiger partial charge in [0.05, 0.1) is 29.8 Å². The first kappa shape index (κ1) is 20.4. The number of carbonyl (C=O) groups is 2. The second kappa shape index (κ2) is 8.68. The van der Waals surface area contributed by atoms with Gasteiger partial charge in [-0.25, -0.2) is 8.42 Å². The lowest BCUT2D eigenvalue weighted by Gasteiger charge is -2.13. The van der Waals surface area contributed by atoms with Crippen molar-refractivity contribution in [3.05, 3.63) is 48.0 Å². The maximum Gasteiger partial charge on any atom is 0.228 e. The summed E-state index contributed by atoms with van der Waals surface area (Å²) < 4.78 is 28.2. The van der Waals surface area contributed by atoms with E-state index < -0.39 is 9.84 Å². The van der Waals surface area contributed by atoms with Gasteiger partial charge in [0.15, 0.2) is 9.84 Å². The molecule has 2 aromatic rings. The maximum absolute atomic E-state index is 12.4. The zero-order valence-corrected chi connectivity index (χ0v) is 16.2. The molecule has 2 amide bonds. The van der Waals surface area contributed by atoms with Gasteiger partial charge in [-0.3, -0.25) is 9.59 Å². The van der Waals surface area contributed by atoms with E-state index in [-0.39, 0.29) is 23.1 Å². The number of carbonyl (C=O) groups excluding carboxylic acids is 2. The van der Waals surface area contributed by atoms with Crippen LogP contribution in [0.1, 0.15) is 18.9 Å². The zero-order valence-electron chi connectivity index (χ0n) is 15.4. The first-order chi connectivity index (χ1) is 12.7. The molecule has 2 rings (SSSR count). The summed E-state index contributed by atoms with van der Waals surface area (Å²) in [6.07, 6.45) is 1.50. The first-order valence-corrected chi connectivity index (χ1v) is 10.2. The Hall–Kier alpha value is -2.87. The van der Waals surface area contributed by atoms with Gasteiger partial charge in [-0.05, 0) is 29.8 Å². The lowest BCUT2D eigenvalue weighted by molar-refractivity contribution is -0.116. The molecule has 0 unspecified atom stereocenters. The van der Waals surface area contributed by atoms with Gasteiger partial charge in [0, 0.05) is 18.7 Å². The second-order valence-electron chi connectivity index (χ2n) is 5.95. The molecule has 0 fully saturated rings. The molecule has 2 aromatic carbocycles. The number of ether oxygens (including phenoxy) is 1. The van der Waals surface area contributed by atoms with Crippen LogP contribution in [0.25, 0.3) is 0 Å². The van der Waals surface area contributed by atoms with Gasteiger partial charge in [0.25, 0.3) is 0 Å². The Kier molecular flexibility index (Phi) is 6.57. The van der Waals surface area contributed by atoms with Crippen LogP contribution in [0.2, 0.25) is 0 Å². The molecule has 0 radical (unpaired) electrons. The molecule has 0 aromatic heterocycles. The topological polar surface area (TPSA) is 102 Å². The number of methoxy groups -OCH3 is 1. The molecule has 7 nitrogen and oxygen atoms in total. The Morgan fingerprint density at radius 2 is 1.59 bits per heavy atom. The highest BCUT2D eigenvalue weighted by molar-refractivity contribution is 7.90. The van der Waals surface area contributed by atoms with E-state index in [4.69, 9.17) is 4.74 Å². The fourth-order valence-corrected chi connectivity index (χ4v) is 2.97. The summed E-state index contributed by atoms with van der Waals surface area (Å²) in [6, 6.07) is 11.1. The normalized spacial score (nSPS) is 10.9. The molecule has 0 aliphatic carbocycles. The van der Waals surface area contributed by atoms with Crippen molar-refractivity contribution in [2.24, 2.45) is 0 Å². The van der Waals surface area contributed by atoms with E-state index in [1.807, 2.05) is 0 Å². The summed E-state index contributed by atoms with van der Waals surface area (Å²) in [5.41, 5.74) is 1.57. The van der Waals surface area contributed by atoms with E-state index in [0.717, 1.165) is 6.26 Å². The van der Waals surface area contributed by atoms with Gasteiger partial charge >= 0.3 is 0 Å². The van der Waals surface area contributed by atoms with E-state index in [1.165, 1.54) is 19.2 Å². The molecule has 144 valence electrons. The molecule has 0 spiro atoms. The monoisotopic (exact) mass is 390 g/mol. The first-order valence-electron chi connectivity index (χ1n) is 8.29. The van der Waals surface area contributed by atoms with E-state index in [0.29, 0.717) is 29.1 Å². The molecule has 8 heteroatoms. The number of nitrogens with one attached hydrogen (secondary N) is 2. The van der Waals surface area contributed by atoms with Gasteiger partial charge < -0.3 is 15.4 Å². The van der Waals surface area contributed by atoms with E-state index in [1.54, 1.807) is 37.3 Å². The summed E-state index contributed by atoms with van der Waals surface area (Å²) in [6.45, 7) is 1.73. The van der Waals surface area contributed by atoms with Crippen LogP contribution < -0.4 is 15.4 Å². The molecule has 0 bridgehead atoms. The molecule has 27 heavy (non-hydrogen) atoms. The van der Waals surface area contributed by atoms with Gasteiger partial charge in [-0.2, -0.15) is 0 Å². The van der Waals surface area contributed by atoms with Crippen LogP contribution >= 0.6 is 0 Å². The zero-order chi connectivity index (χ0) is 20.0. The predicted molar refractivity (Wildman–Crippen MR) is 104 cm³/mol. The minimum Gasteiger partial charge on any atom is -0.497 e. The van der Waals surface area contributed by atoms with Crippen LogP contribution in [-0.4, -0.2) is 33.6 Å². The minimum absolute atomic E-state index is 0.0580. The van der Waals surface area contributed by atoms with Crippen LogP contribution in [0, 0.1) is 0 Å². The van der Waals surface area contributed by atoms with Gasteiger partial charge in [-0.1, -0.05) is 19.1 Å². The fourth-order valence-electron chi connectivity index (χ4n) is 2.34. The second-order valence-corrected chi connectivity index (χ2v) is 7.97. The number of amides is 2. The van der Waals surface area contributed by atoms with Crippen LogP contribution in [-0.2, 0) is 25.8 Å². The van der Waals surface area contributed by atoms with Crippen molar-refractivity contribution >= 4 is 33.0 Å². The molecule has 0 saturated carbocycles. The summed E-state index contributed by atoms with van der Waals surface area (Å²) in [5, 5.41) is 5.49. The van der Waals surface area contributed by atoms with Crippen molar-refractivity contribution in [1.29, 1.82) is 0 Å². The van der Waals surface area contributed by atoms with E-state index in [2.05, 4.69) is 10.6 Å². The number of anilines is 2. The Labute approximate surface area is 158 Å². The third kappa shape index (κ3) is 5.82. The highest BCUT2D eigenvalue weighted by Gasteiger charge is 2.12. The van der Waals surface area contributed by atoms with Gasteiger partial charge in [0.1, 0.15) is 5.75 Å². The van der Waals surface area contributed by atoms with Crippen LogP contribution in [0.3, 0.4) is 0 Å². The van der Waals surface area contributed by atoms with Gasteiger partial charge in [-0.15, -0.1) is 0 Å². The van der Waals surface area contributed by atoms with Crippen molar-refractivity contribution in [2.75, 3.05) is 24.0 Å². The Morgan fingerprint density at radius 3 is 2.15 bits per heavy atom. The quantitative estimate of drug-likeness (QED) is 0.757. The van der Waals surface area contributed by atoms with Crippen LogP contribution in [0.5, 0.6) is 5.75 Å². The molecular formula is C19H22N2O5S. The van der Waals surface area contributed by atoms with Crippen molar-refractivity contribution in [2.45, 2.75) is 24.7 Å². The smallest absolute Gasteiger partial charge is 0.228 e. The number of hydrogen-bond donors (Lipinski definition) is 2. The lowest BCUT2D eigenvalue weighted by atomic mass is 10.1.